The maximum absolute atomic E-state index is 12.8. The summed E-state index contributed by atoms with van der Waals surface area (Å²) in [5, 5.41) is 8.94. The number of amides is 1. The van der Waals surface area contributed by atoms with E-state index in [1.165, 1.54) is 7.11 Å². The first-order chi connectivity index (χ1) is 11.6. The predicted molar refractivity (Wildman–Crippen MR) is 92.4 cm³/mol. The highest BCUT2D eigenvalue weighted by molar-refractivity contribution is 5.87. The van der Waals surface area contributed by atoms with Crippen molar-refractivity contribution in [1.29, 1.82) is 5.26 Å². The molecule has 25 heavy (non-hydrogen) atoms. The van der Waals surface area contributed by atoms with Crippen LogP contribution in [0.2, 0.25) is 0 Å². The van der Waals surface area contributed by atoms with E-state index in [-0.39, 0.29) is 18.3 Å². The maximum Gasteiger partial charge on any atom is 0.261 e. The highest BCUT2D eigenvalue weighted by Crippen LogP contribution is 2.37. The minimum Gasteiger partial charge on any atom is -0.493 e. The number of likely N-dealkylation sites (tertiary alicyclic amines) is 1. The van der Waals surface area contributed by atoms with Crippen molar-refractivity contribution in [2.45, 2.75) is 51.6 Å². The van der Waals surface area contributed by atoms with Gasteiger partial charge in [0.25, 0.3) is 5.91 Å². The molecule has 1 aliphatic heterocycles. The average Bonchev–Trinajstić information content (AvgIpc) is 2.49. The summed E-state index contributed by atoms with van der Waals surface area (Å²) in [5.74, 6) is 0.778. The van der Waals surface area contributed by atoms with Crippen molar-refractivity contribution in [3.8, 4) is 17.6 Å². The molecule has 0 unspecified atom stereocenters. The molecule has 0 aliphatic carbocycles. The van der Waals surface area contributed by atoms with E-state index in [0.29, 0.717) is 29.9 Å². The number of ketones is 1. The highest BCUT2D eigenvalue weighted by atomic mass is 16.5. The summed E-state index contributed by atoms with van der Waals surface area (Å²) in [5.41, 5.74) is -0.672. The molecule has 134 valence electrons. The lowest BCUT2D eigenvalue weighted by atomic mass is 9.79. The van der Waals surface area contributed by atoms with Crippen LogP contribution in [-0.4, -0.2) is 41.4 Å². The van der Waals surface area contributed by atoms with Crippen LogP contribution in [0.5, 0.6) is 11.5 Å². The molecule has 2 rings (SSSR count). The van der Waals surface area contributed by atoms with Crippen LogP contribution in [0.15, 0.2) is 18.2 Å². The number of ether oxygens (including phenoxy) is 2. The molecule has 1 aromatic carbocycles. The highest BCUT2D eigenvalue weighted by Gasteiger charge is 2.47. The van der Waals surface area contributed by atoms with Crippen LogP contribution < -0.4 is 9.47 Å². The van der Waals surface area contributed by atoms with Gasteiger partial charge in [-0.05, 0) is 39.8 Å². The number of piperidine rings is 1. The van der Waals surface area contributed by atoms with E-state index in [4.69, 9.17) is 14.7 Å². The second-order valence-electron chi connectivity index (χ2n) is 7.51. The Morgan fingerprint density at radius 2 is 1.80 bits per heavy atom. The first-order valence-corrected chi connectivity index (χ1v) is 8.16. The molecule has 0 N–H and O–H groups in total. The molecular formula is C19H24N2O4. The van der Waals surface area contributed by atoms with Gasteiger partial charge in [-0.2, -0.15) is 5.26 Å². The number of nitriles is 1. The Bertz CT molecular complexity index is 711. The number of nitrogens with zero attached hydrogens (tertiary/aromatic N) is 2. The zero-order chi connectivity index (χ0) is 18.8. The molecular weight excluding hydrogens is 320 g/mol. The standard InChI is InChI=1S/C19H24N2O4/c1-18(2)9-14(22)10-19(3,4)21(18)17(23)12-25-15-7-6-13(11-20)8-16(15)24-5/h6-8H,9-10,12H2,1-5H3. The quantitative estimate of drug-likeness (QED) is 0.839. The van der Waals surface area contributed by atoms with Crippen molar-refractivity contribution < 1.29 is 19.1 Å². The second kappa shape index (κ2) is 6.75. The van der Waals surface area contributed by atoms with Crippen LogP contribution in [0.1, 0.15) is 46.1 Å². The molecule has 1 heterocycles. The van der Waals surface area contributed by atoms with E-state index in [2.05, 4.69) is 0 Å². The van der Waals surface area contributed by atoms with Crippen LogP contribution in [0.25, 0.3) is 0 Å². The van der Waals surface area contributed by atoms with Gasteiger partial charge in [0, 0.05) is 30.0 Å². The van der Waals surface area contributed by atoms with Gasteiger partial charge < -0.3 is 14.4 Å². The van der Waals surface area contributed by atoms with E-state index in [9.17, 15) is 9.59 Å². The molecule has 0 radical (unpaired) electrons. The number of carbonyl (C=O) groups excluding carboxylic acids is 2. The number of methoxy groups -OCH3 is 1. The molecule has 1 aromatic rings. The number of rotatable bonds is 4. The average molecular weight is 344 g/mol. The third-order valence-corrected chi connectivity index (χ3v) is 4.36. The smallest absolute Gasteiger partial charge is 0.261 e. The van der Waals surface area contributed by atoms with Gasteiger partial charge in [-0.1, -0.05) is 0 Å². The molecule has 0 saturated carbocycles. The fraction of sp³-hybridized carbons (Fsp3) is 0.526. The van der Waals surface area contributed by atoms with Crippen molar-refractivity contribution in [1.82, 2.24) is 4.90 Å². The van der Waals surface area contributed by atoms with E-state index < -0.39 is 11.1 Å². The van der Waals surface area contributed by atoms with Gasteiger partial charge in [0.05, 0.1) is 18.7 Å². The lowest BCUT2D eigenvalue weighted by Gasteiger charge is -2.52. The first kappa shape index (κ1) is 18.8. The Morgan fingerprint density at radius 3 is 2.32 bits per heavy atom. The Kier molecular flexibility index (Phi) is 5.07. The number of carbonyl (C=O) groups is 2. The van der Waals surface area contributed by atoms with Gasteiger partial charge >= 0.3 is 0 Å². The Hall–Kier alpha value is -2.55. The minimum atomic E-state index is -0.561. The van der Waals surface area contributed by atoms with Crippen molar-refractivity contribution in [2.24, 2.45) is 0 Å². The number of hydrogen-bond donors (Lipinski definition) is 0. The Labute approximate surface area is 148 Å². The summed E-state index contributed by atoms with van der Waals surface area (Å²) < 4.78 is 10.9. The van der Waals surface area contributed by atoms with Gasteiger partial charge in [0.1, 0.15) is 5.78 Å². The van der Waals surface area contributed by atoms with E-state index >= 15 is 0 Å². The lowest BCUT2D eigenvalue weighted by molar-refractivity contribution is -0.155. The molecule has 1 fully saturated rings. The first-order valence-electron chi connectivity index (χ1n) is 8.16. The predicted octanol–water partition coefficient (Wildman–Crippen LogP) is 2.69. The number of Topliss-reactive ketones (excluding diaryl/α,β-unsaturated/α-hetero) is 1. The van der Waals surface area contributed by atoms with Crippen LogP contribution in [0.3, 0.4) is 0 Å². The van der Waals surface area contributed by atoms with Crippen LogP contribution >= 0.6 is 0 Å². The Morgan fingerprint density at radius 1 is 1.20 bits per heavy atom. The number of hydrogen-bond acceptors (Lipinski definition) is 5. The summed E-state index contributed by atoms with van der Waals surface area (Å²) >= 11 is 0. The third kappa shape index (κ3) is 3.93. The fourth-order valence-corrected chi connectivity index (χ4v) is 3.74. The summed E-state index contributed by atoms with van der Waals surface area (Å²) in [4.78, 5) is 26.5. The molecule has 0 bridgehead atoms. The van der Waals surface area contributed by atoms with Crippen molar-refractivity contribution in [2.75, 3.05) is 13.7 Å². The van der Waals surface area contributed by atoms with E-state index in [1.54, 1.807) is 23.1 Å². The molecule has 1 saturated heterocycles. The second-order valence-corrected chi connectivity index (χ2v) is 7.51. The fourth-order valence-electron chi connectivity index (χ4n) is 3.74. The monoisotopic (exact) mass is 344 g/mol. The molecule has 1 amide bonds. The summed E-state index contributed by atoms with van der Waals surface area (Å²) in [6, 6.07) is 6.81. The summed E-state index contributed by atoms with van der Waals surface area (Å²) in [7, 11) is 1.48. The van der Waals surface area contributed by atoms with Gasteiger partial charge in [-0.25, -0.2) is 0 Å². The van der Waals surface area contributed by atoms with E-state index in [1.807, 2.05) is 33.8 Å². The zero-order valence-corrected chi connectivity index (χ0v) is 15.4. The Balaban J connectivity index is 2.17. The number of benzene rings is 1. The van der Waals surface area contributed by atoms with Gasteiger partial charge in [-0.3, -0.25) is 9.59 Å². The van der Waals surface area contributed by atoms with Gasteiger partial charge in [-0.15, -0.1) is 0 Å². The normalized spacial score (nSPS) is 18.4. The molecule has 6 heteroatoms. The van der Waals surface area contributed by atoms with E-state index in [0.717, 1.165) is 0 Å². The molecule has 0 spiro atoms. The van der Waals surface area contributed by atoms with Crippen molar-refractivity contribution >= 4 is 11.7 Å². The third-order valence-electron chi connectivity index (χ3n) is 4.36. The zero-order valence-electron chi connectivity index (χ0n) is 15.4. The summed E-state index contributed by atoms with van der Waals surface area (Å²) in [6.45, 7) is 7.42. The van der Waals surface area contributed by atoms with Crippen LogP contribution in [0, 0.1) is 11.3 Å². The topological polar surface area (TPSA) is 79.6 Å². The van der Waals surface area contributed by atoms with Gasteiger partial charge in [0.2, 0.25) is 0 Å². The molecule has 0 atom stereocenters. The van der Waals surface area contributed by atoms with Crippen molar-refractivity contribution in [3.63, 3.8) is 0 Å². The largest absolute Gasteiger partial charge is 0.493 e. The molecule has 0 aromatic heterocycles. The molecule has 6 nitrogen and oxygen atoms in total. The van der Waals surface area contributed by atoms with Gasteiger partial charge in [0.15, 0.2) is 18.1 Å². The maximum atomic E-state index is 12.8. The van der Waals surface area contributed by atoms with Crippen LogP contribution in [-0.2, 0) is 9.59 Å². The molecule has 1 aliphatic rings. The minimum absolute atomic E-state index is 0.161. The summed E-state index contributed by atoms with van der Waals surface area (Å²) in [6.07, 6.45) is 0.671. The SMILES string of the molecule is COc1cc(C#N)ccc1OCC(=O)N1C(C)(C)CC(=O)CC1(C)C. The van der Waals surface area contributed by atoms with Crippen molar-refractivity contribution in [3.05, 3.63) is 23.8 Å². The van der Waals surface area contributed by atoms with Crippen LogP contribution in [0.4, 0.5) is 0 Å². The lowest BCUT2D eigenvalue weighted by Crippen LogP contribution is -2.64.